The molecule has 0 radical (unpaired) electrons. The Kier molecular flexibility index (Phi) is 5.06. The summed E-state index contributed by atoms with van der Waals surface area (Å²) in [6, 6.07) is 4.96. The number of hydrogen-bond donors (Lipinski definition) is 0. The highest BCUT2D eigenvalue weighted by atomic mass is 19.1. The summed E-state index contributed by atoms with van der Waals surface area (Å²) in [7, 11) is 0. The predicted molar refractivity (Wildman–Crippen MR) is 94.7 cm³/mol. The molecule has 0 spiro atoms. The molecule has 0 aliphatic carbocycles. The van der Waals surface area contributed by atoms with Gasteiger partial charge < -0.3 is 19.3 Å². The Labute approximate surface area is 148 Å². The third-order valence-corrected chi connectivity index (χ3v) is 4.46. The molecule has 0 aromatic heterocycles. The van der Waals surface area contributed by atoms with Crippen molar-refractivity contribution in [3.05, 3.63) is 24.0 Å². The number of benzene rings is 1. The third-order valence-electron chi connectivity index (χ3n) is 4.46. The third kappa shape index (κ3) is 4.35. The van der Waals surface area contributed by atoms with Gasteiger partial charge in [0, 0.05) is 26.1 Å². The van der Waals surface area contributed by atoms with Crippen LogP contribution >= 0.6 is 0 Å². The van der Waals surface area contributed by atoms with Gasteiger partial charge in [-0.15, -0.1) is 0 Å². The van der Waals surface area contributed by atoms with Gasteiger partial charge in [0.15, 0.2) is 0 Å². The van der Waals surface area contributed by atoms with Crippen molar-refractivity contribution in [1.82, 2.24) is 4.90 Å². The number of carbonyl (C=O) groups excluding carboxylic acids is 1. The molecule has 6 heteroatoms. The lowest BCUT2D eigenvalue weighted by Crippen LogP contribution is -2.36. The number of carbonyl (C=O) groups is 1. The Balaban J connectivity index is 1.66. The number of anilines is 1. The first-order valence-corrected chi connectivity index (χ1v) is 9.01. The molecule has 25 heavy (non-hydrogen) atoms. The van der Waals surface area contributed by atoms with Crippen molar-refractivity contribution in [2.24, 2.45) is 0 Å². The monoisotopic (exact) mass is 350 g/mol. The number of nitrogens with zero attached hydrogens (tertiary/aromatic N) is 2. The maximum Gasteiger partial charge on any atom is 0.410 e. The fourth-order valence-corrected chi connectivity index (χ4v) is 3.33. The second kappa shape index (κ2) is 7.10. The van der Waals surface area contributed by atoms with Crippen molar-refractivity contribution >= 4 is 11.8 Å². The Morgan fingerprint density at radius 3 is 2.60 bits per heavy atom. The van der Waals surface area contributed by atoms with Crippen LogP contribution < -0.4 is 9.64 Å². The fourth-order valence-electron chi connectivity index (χ4n) is 3.33. The average molecular weight is 350 g/mol. The predicted octanol–water partition coefficient (Wildman–Crippen LogP) is 3.81. The van der Waals surface area contributed by atoms with E-state index in [-0.39, 0.29) is 18.0 Å². The summed E-state index contributed by atoms with van der Waals surface area (Å²) in [5, 5.41) is 0. The van der Waals surface area contributed by atoms with E-state index in [1.807, 2.05) is 31.7 Å². The Morgan fingerprint density at radius 1 is 1.20 bits per heavy atom. The molecular formula is C19H27FN2O3. The Bertz CT molecular complexity index is 624. The van der Waals surface area contributed by atoms with Gasteiger partial charge in [0.05, 0.1) is 6.54 Å². The van der Waals surface area contributed by atoms with E-state index in [0.29, 0.717) is 24.5 Å². The van der Waals surface area contributed by atoms with Gasteiger partial charge in [0.2, 0.25) is 0 Å². The lowest BCUT2D eigenvalue weighted by Gasteiger charge is -2.25. The second-order valence-electron chi connectivity index (χ2n) is 7.74. The summed E-state index contributed by atoms with van der Waals surface area (Å²) < 4.78 is 25.8. The van der Waals surface area contributed by atoms with E-state index in [1.165, 1.54) is 6.07 Å². The second-order valence-corrected chi connectivity index (χ2v) is 7.74. The summed E-state index contributed by atoms with van der Waals surface area (Å²) in [6.07, 6.45) is 2.40. The van der Waals surface area contributed by atoms with Crippen LogP contribution in [-0.4, -0.2) is 48.9 Å². The van der Waals surface area contributed by atoms with E-state index in [1.54, 1.807) is 11.0 Å². The average Bonchev–Trinajstić information content (AvgIpc) is 3.17. The molecule has 0 bridgehead atoms. The molecule has 1 unspecified atom stereocenters. The van der Waals surface area contributed by atoms with E-state index in [4.69, 9.17) is 9.47 Å². The molecule has 1 aromatic carbocycles. The summed E-state index contributed by atoms with van der Waals surface area (Å²) in [6.45, 7) is 8.31. The molecule has 0 N–H and O–H groups in total. The van der Waals surface area contributed by atoms with Crippen LogP contribution in [0, 0.1) is 5.82 Å². The molecule has 2 heterocycles. The normalized spacial score (nSPS) is 20.9. The van der Waals surface area contributed by atoms with Gasteiger partial charge in [-0.1, -0.05) is 6.07 Å². The van der Waals surface area contributed by atoms with Gasteiger partial charge in [-0.3, -0.25) is 0 Å². The zero-order valence-electron chi connectivity index (χ0n) is 15.3. The van der Waals surface area contributed by atoms with E-state index in [0.717, 1.165) is 32.4 Å². The highest BCUT2D eigenvalue weighted by Gasteiger charge is 2.32. The maximum atomic E-state index is 14.4. The van der Waals surface area contributed by atoms with Crippen LogP contribution in [0.15, 0.2) is 18.2 Å². The number of halogens is 1. The first kappa shape index (κ1) is 17.8. The van der Waals surface area contributed by atoms with Crippen LogP contribution in [0.1, 0.15) is 40.0 Å². The maximum absolute atomic E-state index is 14.4. The number of ether oxygens (including phenoxy) is 2. The zero-order valence-corrected chi connectivity index (χ0v) is 15.3. The number of para-hydroxylation sites is 1. The zero-order chi connectivity index (χ0) is 18.0. The number of hydrogen-bond acceptors (Lipinski definition) is 4. The van der Waals surface area contributed by atoms with E-state index < -0.39 is 5.60 Å². The van der Waals surface area contributed by atoms with Crippen molar-refractivity contribution in [2.45, 2.75) is 51.7 Å². The SMILES string of the molecule is CC(C)(C)OC(=O)N1CCC(Oc2cccc(F)c2N2CCCC2)C1. The highest BCUT2D eigenvalue weighted by molar-refractivity contribution is 5.68. The van der Waals surface area contributed by atoms with E-state index in [9.17, 15) is 9.18 Å². The lowest BCUT2D eigenvalue weighted by atomic mass is 10.2. The van der Waals surface area contributed by atoms with Gasteiger partial charge in [0.1, 0.15) is 29.0 Å². The highest BCUT2D eigenvalue weighted by Crippen LogP contribution is 2.35. The summed E-state index contributed by atoms with van der Waals surface area (Å²) in [4.78, 5) is 15.9. The smallest absolute Gasteiger partial charge is 0.410 e. The molecule has 5 nitrogen and oxygen atoms in total. The molecule has 1 aromatic rings. The van der Waals surface area contributed by atoms with Crippen LogP contribution in [0.2, 0.25) is 0 Å². The van der Waals surface area contributed by atoms with Gasteiger partial charge in [-0.2, -0.15) is 0 Å². The molecule has 1 amide bonds. The molecule has 2 aliphatic heterocycles. The van der Waals surface area contributed by atoms with Crippen molar-refractivity contribution in [3.8, 4) is 5.75 Å². The Hall–Kier alpha value is -1.98. The molecular weight excluding hydrogens is 323 g/mol. The van der Waals surface area contributed by atoms with Crippen LogP contribution in [0.4, 0.5) is 14.9 Å². The largest absolute Gasteiger partial charge is 0.486 e. The van der Waals surface area contributed by atoms with Gasteiger partial charge in [0.25, 0.3) is 0 Å². The first-order chi connectivity index (χ1) is 11.8. The summed E-state index contributed by atoms with van der Waals surface area (Å²) >= 11 is 0. The minimum absolute atomic E-state index is 0.143. The number of likely N-dealkylation sites (tertiary alicyclic amines) is 1. The van der Waals surface area contributed by atoms with Crippen LogP contribution in [0.25, 0.3) is 0 Å². The molecule has 2 saturated heterocycles. The van der Waals surface area contributed by atoms with Crippen LogP contribution in [-0.2, 0) is 4.74 Å². The molecule has 2 aliphatic rings. The summed E-state index contributed by atoms with van der Waals surface area (Å²) in [5.41, 5.74) is 0.0392. The van der Waals surface area contributed by atoms with Gasteiger partial charge >= 0.3 is 6.09 Å². The minimum Gasteiger partial charge on any atom is -0.486 e. The van der Waals surface area contributed by atoms with Gasteiger partial charge in [-0.25, -0.2) is 9.18 Å². The minimum atomic E-state index is -0.512. The van der Waals surface area contributed by atoms with Crippen molar-refractivity contribution < 1.29 is 18.7 Å². The van der Waals surface area contributed by atoms with Crippen LogP contribution in [0.5, 0.6) is 5.75 Å². The molecule has 2 fully saturated rings. The van der Waals surface area contributed by atoms with Crippen LogP contribution in [0.3, 0.4) is 0 Å². The lowest BCUT2D eigenvalue weighted by molar-refractivity contribution is 0.0275. The fraction of sp³-hybridized carbons (Fsp3) is 0.632. The molecule has 138 valence electrons. The summed E-state index contributed by atoms with van der Waals surface area (Å²) in [5.74, 6) is 0.319. The molecule has 3 rings (SSSR count). The van der Waals surface area contributed by atoms with Crippen molar-refractivity contribution in [3.63, 3.8) is 0 Å². The first-order valence-electron chi connectivity index (χ1n) is 9.01. The van der Waals surface area contributed by atoms with Gasteiger partial charge in [-0.05, 0) is 45.7 Å². The Morgan fingerprint density at radius 2 is 1.92 bits per heavy atom. The number of rotatable bonds is 3. The molecule has 1 atom stereocenters. The van der Waals surface area contributed by atoms with E-state index in [2.05, 4.69) is 0 Å². The quantitative estimate of drug-likeness (QED) is 0.831. The van der Waals surface area contributed by atoms with Crippen molar-refractivity contribution in [2.75, 3.05) is 31.1 Å². The van der Waals surface area contributed by atoms with E-state index >= 15 is 0 Å². The standard InChI is InChI=1S/C19H27FN2O3/c1-19(2,3)25-18(23)22-12-9-14(13-22)24-16-8-6-7-15(20)17(16)21-10-4-5-11-21/h6-8,14H,4-5,9-13H2,1-3H3. The number of amides is 1. The van der Waals surface area contributed by atoms with Crippen molar-refractivity contribution in [1.29, 1.82) is 0 Å². The molecule has 0 saturated carbocycles. The topological polar surface area (TPSA) is 42.0 Å².